The molecule has 118 valence electrons. The van der Waals surface area contributed by atoms with Crippen molar-refractivity contribution < 1.29 is 23.9 Å². The first-order valence-corrected chi connectivity index (χ1v) is 7.40. The van der Waals surface area contributed by atoms with Gasteiger partial charge < -0.3 is 9.47 Å². The number of carbonyl (C=O) groups is 3. The molecule has 0 radical (unpaired) electrons. The smallest absolute Gasteiger partial charge is 0.330 e. The van der Waals surface area contributed by atoms with Crippen molar-refractivity contribution in [1.82, 2.24) is 0 Å². The Morgan fingerprint density at radius 3 is 2.38 bits per heavy atom. The summed E-state index contributed by atoms with van der Waals surface area (Å²) >= 11 is 0. The lowest BCUT2D eigenvalue weighted by Crippen LogP contribution is -2.29. The second-order valence-electron chi connectivity index (χ2n) is 5.69. The SMILES string of the molecule is C=CC(=O)OC(C)C1CCC(COC(=O)CC(C)=O)CC1. The quantitative estimate of drug-likeness (QED) is 0.410. The van der Waals surface area contributed by atoms with Gasteiger partial charge in [0.1, 0.15) is 18.3 Å². The van der Waals surface area contributed by atoms with Gasteiger partial charge in [-0.05, 0) is 51.4 Å². The highest BCUT2D eigenvalue weighted by atomic mass is 16.5. The van der Waals surface area contributed by atoms with Crippen LogP contribution in [0.1, 0.15) is 46.0 Å². The standard InChI is InChI=1S/C16H24O5/c1-4-15(18)21-12(3)14-7-5-13(6-8-14)10-20-16(19)9-11(2)17/h4,12-14H,1,5-10H2,2-3H3. The Kier molecular flexibility index (Phi) is 7.12. The first-order chi connectivity index (χ1) is 9.92. The Hall–Kier alpha value is -1.65. The lowest BCUT2D eigenvalue weighted by Gasteiger charge is -2.31. The molecule has 0 aromatic carbocycles. The van der Waals surface area contributed by atoms with Gasteiger partial charge in [-0.3, -0.25) is 9.59 Å². The van der Waals surface area contributed by atoms with Gasteiger partial charge in [0.25, 0.3) is 0 Å². The van der Waals surface area contributed by atoms with Crippen LogP contribution in [-0.4, -0.2) is 30.4 Å². The molecule has 0 bridgehead atoms. The molecule has 5 nitrogen and oxygen atoms in total. The molecular weight excluding hydrogens is 272 g/mol. The van der Waals surface area contributed by atoms with Gasteiger partial charge in [-0.2, -0.15) is 0 Å². The number of carbonyl (C=O) groups excluding carboxylic acids is 3. The van der Waals surface area contributed by atoms with Crippen molar-refractivity contribution >= 4 is 17.7 Å². The Bertz CT molecular complexity index is 393. The molecule has 1 fully saturated rings. The first-order valence-electron chi connectivity index (χ1n) is 7.40. The van der Waals surface area contributed by atoms with E-state index in [4.69, 9.17) is 9.47 Å². The summed E-state index contributed by atoms with van der Waals surface area (Å²) in [6.45, 7) is 7.04. The third kappa shape index (κ3) is 6.56. The highest BCUT2D eigenvalue weighted by Gasteiger charge is 2.27. The van der Waals surface area contributed by atoms with Gasteiger partial charge in [0.2, 0.25) is 0 Å². The zero-order chi connectivity index (χ0) is 15.8. The minimum Gasteiger partial charge on any atom is -0.465 e. The summed E-state index contributed by atoms with van der Waals surface area (Å²) in [4.78, 5) is 33.3. The molecule has 5 heteroatoms. The lowest BCUT2D eigenvalue weighted by atomic mass is 9.80. The highest BCUT2D eigenvalue weighted by molar-refractivity contribution is 5.94. The zero-order valence-corrected chi connectivity index (χ0v) is 12.8. The number of hydrogen-bond acceptors (Lipinski definition) is 5. The molecule has 0 heterocycles. The number of ether oxygens (including phenoxy) is 2. The summed E-state index contributed by atoms with van der Waals surface area (Å²) in [5.41, 5.74) is 0. The maximum Gasteiger partial charge on any atom is 0.330 e. The van der Waals surface area contributed by atoms with E-state index >= 15 is 0 Å². The molecule has 0 aromatic heterocycles. The van der Waals surface area contributed by atoms with E-state index in [-0.39, 0.29) is 24.3 Å². The predicted octanol–water partition coefficient (Wildman–Crippen LogP) is 2.43. The van der Waals surface area contributed by atoms with E-state index in [0.717, 1.165) is 25.7 Å². The number of Topliss-reactive ketones (excluding diaryl/α,β-unsaturated/α-hetero) is 1. The second-order valence-corrected chi connectivity index (χ2v) is 5.69. The van der Waals surface area contributed by atoms with E-state index < -0.39 is 5.97 Å². The van der Waals surface area contributed by atoms with E-state index in [1.807, 2.05) is 6.92 Å². The zero-order valence-electron chi connectivity index (χ0n) is 12.8. The maximum atomic E-state index is 11.3. The van der Waals surface area contributed by atoms with E-state index in [9.17, 15) is 14.4 Å². The van der Waals surface area contributed by atoms with Gasteiger partial charge in [0.05, 0.1) is 6.61 Å². The summed E-state index contributed by atoms with van der Waals surface area (Å²) < 4.78 is 10.3. The van der Waals surface area contributed by atoms with Gasteiger partial charge >= 0.3 is 11.9 Å². The largest absolute Gasteiger partial charge is 0.465 e. The Morgan fingerprint density at radius 2 is 1.86 bits per heavy atom. The van der Waals surface area contributed by atoms with Crippen molar-refractivity contribution in [2.24, 2.45) is 11.8 Å². The number of rotatable bonds is 7. The van der Waals surface area contributed by atoms with Gasteiger partial charge in [-0.25, -0.2) is 4.79 Å². The van der Waals surface area contributed by atoms with Crippen LogP contribution in [0.2, 0.25) is 0 Å². The topological polar surface area (TPSA) is 69.7 Å². The Balaban J connectivity index is 2.25. The summed E-state index contributed by atoms with van der Waals surface area (Å²) in [6.07, 6.45) is 4.68. The van der Waals surface area contributed by atoms with Crippen molar-refractivity contribution in [2.75, 3.05) is 6.61 Å². The van der Waals surface area contributed by atoms with Gasteiger partial charge in [-0.1, -0.05) is 6.58 Å². The molecule has 0 N–H and O–H groups in total. The van der Waals surface area contributed by atoms with Crippen LogP contribution in [0.25, 0.3) is 0 Å². The molecule has 1 aliphatic rings. The number of ketones is 1. The van der Waals surface area contributed by atoms with Crippen LogP contribution in [0.5, 0.6) is 0 Å². The van der Waals surface area contributed by atoms with Gasteiger partial charge in [0.15, 0.2) is 0 Å². The van der Waals surface area contributed by atoms with Gasteiger partial charge in [0, 0.05) is 6.08 Å². The Labute approximate surface area is 125 Å². The molecular formula is C16H24O5. The van der Waals surface area contributed by atoms with Crippen molar-refractivity contribution in [3.05, 3.63) is 12.7 Å². The normalized spacial score (nSPS) is 23.0. The molecule has 1 rings (SSSR count). The fourth-order valence-electron chi connectivity index (χ4n) is 2.62. The first kappa shape index (κ1) is 17.4. The summed E-state index contributed by atoms with van der Waals surface area (Å²) in [7, 11) is 0. The molecule has 1 saturated carbocycles. The van der Waals surface area contributed by atoms with Crippen LogP contribution in [-0.2, 0) is 23.9 Å². The van der Waals surface area contributed by atoms with E-state index in [1.54, 1.807) is 0 Å². The number of esters is 2. The monoisotopic (exact) mass is 296 g/mol. The van der Waals surface area contributed by atoms with Crippen molar-refractivity contribution in [3.8, 4) is 0 Å². The molecule has 0 saturated heterocycles. The maximum absolute atomic E-state index is 11.3. The lowest BCUT2D eigenvalue weighted by molar-refractivity contribution is -0.149. The van der Waals surface area contributed by atoms with Crippen molar-refractivity contribution in [1.29, 1.82) is 0 Å². The third-order valence-corrected chi connectivity index (χ3v) is 3.90. The molecule has 1 unspecified atom stereocenters. The Morgan fingerprint density at radius 1 is 1.24 bits per heavy atom. The molecule has 0 spiro atoms. The summed E-state index contributed by atoms with van der Waals surface area (Å²) in [5.74, 6) is -0.334. The van der Waals surface area contributed by atoms with Crippen LogP contribution >= 0.6 is 0 Å². The van der Waals surface area contributed by atoms with Crippen LogP contribution < -0.4 is 0 Å². The van der Waals surface area contributed by atoms with Gasteiger partial charge in [-0.15, -0.1) is 0 Å². The second kappa shape index (κ2) is 8.60. The van der Waals surface area contributed by atoms with Crippen LogP contribution in [0.3, 0.4) is 0 Å². The fourth-order valence-corrected chi connectivity index (χ4v) is 2.62. The predicted molar refractivity (Wildman–Crippen MR) is 77.5 cm³/mol. The summed E-state index contributed by atoms with van der Waals surface area (Å²) in [5, 5.41) is 0. The van der Waals surface area contributed by atoms with Crippen LogP contribution in [0.4, 0.5) is 0 Å². The number of hydrogen-bond donors (Lipinski definition) is 0. The minimum absolute atomic E-state index is 0.114. The van der Waals surface area contributed by atoms with E-state index in [0.29, 0.717) is 18.4 Å². The van der Waals surface area contributed by atoms with Crippen LogP contribution in [0, 0.1) is 11.8 Å². The molecule has 21 heavy (non-hydrogen) atoms. The van der Waals surface area contributed by atoms with Crippen LogP contribution in [0.15, 0.2) is 12.7 Å². The van der Waals surface area contributed by atoms with E-state index in [1.165, 1.54) is 13.0 Å². The molecule has 0 amide bonds. The minimum atomic E-state index is -0.446. The third-order valence-electron chi connectivity index (χ3n) is 3.90. The van der Waals surface area contributed by atoms with Crippen molar-refractivity contribution in [3.63, 3.8) is 0 Å². The average Bonchev–Trinajstić information content (AvgIpc) is 2.44. The molecule has 0 aliphatic heterocycles. The van der Waals surface area contributed by atoms with Crippen molar-refractivity contribution in [2.45, 2.75) is 52.1 Å². The fraction of sp³-hybridized carbons (Fsp3) is 0.688. The highest BCUT2D eigenvalue weighted by Crippen LogP contribution is 2.32. The average molecular weight is 296 g/mol. The van der Waals surface area contributed by atoms with E-state index in [2.05, 4.69) is 6.58 Å². The molecule has 0 aromatic rings. The molecule has 1 aliphatic carbocycles. The summed E-state index contributed by atoms with van der Waals surface area (Å²) in [6, 6.07) is 0. The molecule has 1 atom stereocenters.